The predicted molar refractivity (Wildman–Crippen MR) is 113 cm³/mol. The van der Waals surface area contributed by atoms with Gasteiger partial charge in [-0.1, -0.05) is 42.5 Å². The van der Waals surface area contributed by atoms with Crippen LogP contribution in [0.4, 0.5) is 5.69 Å². The van der Waals surface area contributed by atoms with E-state index < -0.39 is 18.5 Å². The lowest BCUT2D eigenvalue weighted by Gasteiger charge is -2.09. The molecule has 3 rings (SSSR count). The molecule has 0 saturated carbocycles. The van der Waals surface area contributed by atoms with Crippen LogP contribution < -0.4 is 10.1 Å². The molecule has 0 heterocycles. The molecule has 0 aliphatic carbocycles. The fourth-order valence-corrected chi connectivity index (χ4v) is 2.69. The Hall–Kier alpha value is -3.93. The molecular formula is C24H21NO5. The Balaban J connectivity index is 1.41. The van der Waals surface area contributed by atoms with Crippen molar-refractivity contribution >= 4 is 23.3 Å². The average molecular weight is 403 g/mol. The predicted octanol–water partition coefficient (Wildman–Crippen LogP) is 4.12. The van der Waals surface area contributed by atoms with Crippen molar-refractivity contribution < 1.29 is 23.9 Å². The fourth-order valence-electron chi connectivity index (χ4n) is 2.69. The number of hydrogen-bond donors (Lipinski definition) is 1. The molecule has 3 aromatic rings. The van der Waals surface area contributed by atoms with Gasteiger partial charge in [-0.2, -0.15) is 0 Å². The van der Waals surface area contributed by atoms with E-state index in [4.69, 9.17) is 9.47 Å². The highest BCUT2D eigenvalue weighted by Gasteiger charge is 2.09. The van der Waals surface area contributed by atoms with Gasteiger partial charge >= 0.3 is 5.97 Å². The van der Waals surface area contributed by atoms with Gasteiger partial charge in [0.25, 0.3) is 5.91 Å². The van der Waals surface area contributed by atoms with Gasteiger partial charge in [0.05, 0.1) is 0 Å². The Morgan fingerprint density at radius 2 is 1.40 bits per heavy atom. The molecule has 1 amide bonds. The molecule has 0 saturated heterocycles. The number of rotatable bonds is 8. The maximum Gasteiger partial charge on any atom is 0.344 e. The minimum atomic E-state index is -0.649. The van der Waals surface area contributed by atoms with Crippen LogP contribution in [0.15, 0.2) is 78.9 Å². The second-order valence-electron chi connectivity index (χ2n) is 6.52. The molecule has 0 radical (unpaired) electrons. The third-order valence-electron chi connectivity index (χ3n) is 4.26. The van der Waals surface area contributed by atoms with Crippen LogP contribution in [0.25, 0.3) is 11.1 Å². The molecule has 0 atom stereocenters. The van der Waals surface area contributed by atoms with Gasteiger partial charge in [0.2, 0.25) is 0 Å². The topological polar surface area (TPSA) is 81.7 Å². The van der Waals surface area contributed by atoms with Gasteiger partial charge in [-0.15, -0.1) is 0 Å². The van der Waals surface area contributed by atoms with E-state index >= 15 is 0 Å². The van der Waals surface area contributed by atoms with Crippen LogP contribution in [-0.2, 0) is 14.3 Å². The number of ketones is 1. The number of hydrogen-bond acceptors (Lipinski definition) is 5. The first kappa shape index (κ1) is 20.8. The number of amides is 1. The van der Waals surface area contributed by atoms with Crippen molar-refractivity contribution in [1.29, 1.82) is 0 Å². The average Bonchev–Trinajstić information content (AvgIpc) is 2.77. The number of benzene rings is 3. The van der Waals surface area contributed by atoms with Crippen LogP contribution in [0.2, 0.25) is 0 Å². The first-order valence-electron chi connectivity index (χ1n) is 9.36. The van der Waals surface area contributed by atoms with Crippen molar-refractivity contribution in [3.63, 3.8) is 0 Å². The summed E-state index contributed by atoms with van der Waals surface area (Å²) in [6.45, 7) is 0.738. The Kier molecular flexibility index (Phi) is 6.95. The zero-order valence-electron chi connectivity index (χ0n) is 16.5. The van der Waals surface area contributed by atoms with Crippen molar-refractivity contribution in [2.24, 2.45) is 0 Å². The summed E-state index contributed by atoms with van der Waals surface area (Å²) in [6.07, 6.45) is 0. The number of esters is 1. The van der Waals surface area contributed by atoms with Crippen molar-refractivity contribution in [3.8, 4) is 16.9 Å². The van der Waals surface area contributed by atoms with Gasteiger partial charge in [0, 0.05) is 11.3 Å². The van der Waals surface area contributed by atoms with Gasteiger partial charge in [0.15, 0.2) is 19.0 Å². The van der Waals surface area contributed by atoms with Crippen molar-refractivity contribution in [2.45, 2.75) is 6.92 Å². The summed E-state index contributed by atoms with van der Waals surface area (Å²) >= 11 is 0. The number of carbonyl (C=O) groups excluding carboxylic acids is 3. The van der Waals surface area contributed by atoms with Crippen LogP contribution in [-0.4, -0.2) is 30.9 Å². The molecule has 0 aliphatic rings. The Morgan fingerprint density at radius 1 is 0.767 bits per heavy atom. The zero-order valence-corrected chi connectivity index (χ0v) is 16.5. The Bertz CT molecular complexity index is 1010. The molecule has 0 unspecified atom stereocenters. The third-order valence-corrected chi connectivity index (χ3v) is 4.26. The summed E-state index contributed by atoms with van der Waals surface area (Å²) in [6, 6.07) is 23.7. The summed E-state index contributed by atoms with van der Waals surface area (Å²) in [7, 11) is 0. The van der Waals surface area contributed by atoms with Crippen LogP contribution in [0, 0.1) is 0 Å². The highest BCUT2D eigenvalue weighted by Crippen LogP contribution is 2.22. The van der Waals surface area contributed by atoms with E-state index in [1.165, 1.54) is 6.92 Å². The van der Waals surface area contributed by atoms with E-state index in [1.54, 1.807) is 36.4 Å². The first-order valence-corrected chi connectivity index (χ1v) is 9.36. The van der Waals surface area contributed by atoms with Gasteiger partial charge in [-0.25, -0.2) is 4.79 Å². The van der Waals surface area contributed by atoms with E-state index in [1.807, 2.05) is 42.5 Å². The van der Waals surface area contributed by atoms with Gasteiger partial charge in [-0.3, -0.25) is 9.59 Å². The first-order chi connectivity index (χ1) is 14.5. The third kappa shape index (κ3) is 6.04. The lowest BCUT2D eigenvalue weighted by atomic mass is 10.1. The largest absolute Gasteiger partial charge is 0.482 e. The van der Waals surface area contributed by atoms with Gasteiger partial charge < -0.3 is 14.8 Å². The number of Topliss-reactive ketones (excluding diaryl/α,β-unsaturated/α-hetero) is 1. The number of anilines is 1. The standard InChI is InChI=1S/C24H21NO5/c1-17(26)18-7-11-21(12-8-18)25-23(27)15-30-24(28)16-29-22-13-9-20(10-14-22)19-5-3-2-4-6-19/h2-14H,15-16H2,1H3,(H,25,27). The molecule has 0 aliphatic heterocycles. The molecule has 0 bridgehead atoms. The molecule has 0 fully saturated rings. The second kappa shape index (κ2) is 10.0. The van der Waals surface area contributed by atoms with Crippen LogP contribution in [0.3, 0.4) is 0 Å². The fraction of sp³-hybridized carbons (Fsp3) is 0.125. The monoisotopic (exact) mass is 403 g/mol. The molecule has 0 spiro atoms. The number of nitrogens with one attached hydrogen (secondary N) is 1. The van der Waals surface area contributed by atoms with Crippen molar-refractivity contribution in [2.75, 3.05) is 18.5 Å². The molecule has 152 valence electrons. The Morgan fingerprint density at radius 3 is 2.03 bits per heavy atom. The molecule has 6 heteroatoms. The molecule has 30 heavy (non-hydrogen) atoms. The normalized spacial score (nSPS) is 10.2. The van der Waals surface area contributed by atoms with E-state index in [0.29, 0.717) is 17.0 Å². The van der Waals surface area contributed by atoms with Gasteiger partial charge in [0.1, 0.15) is 5.75 Å². The van der Waals surface area contributed by atoms with Crippen molar-refractivity contribution in [1.82, 2.24) is 0 Å². The second-order valence-corrected chi connectivity index (χ2v) is 6.52. The molecular weight excluding hydrogens is 382 g/mol. The summed E-state index contributed by atoms with van der Waals surface area (Å²) in [5.41, 5.74) is 3.19. The minimum Gasteiger partial charge on any atom is -0.482 e. The smallest absolute Gasteiger partial charge is 0.344 e. The van der Waals surface area contributed by atoms with Crippen molar-refractivity contribution in [3.05, 3.63) is 84.4 Å². The van der Waals surface area contributed by atoms with Crippen LogP contribution >= 0.6 is 0 Å². The summed E-state index contributed by atoms with van der Waals surface area (Å²) < 4.78 is 10.3. The molecule has 3 aromatic carbocycles. The maximum absolute atomic E-state index is 11.9. The number of ether oxygens (including phenoxy) is 2. The SMILES string of the molecule is CC(=O)c1ccc(NC(=O)COC(=O)COc2ccc(-c3ccccc3)cc2)cc1. The number of carbonyl (C=O) groups is 3. The van der Waals surface area contributed by atoms with Crippen LogP contribution in [0.5, 0.6) is 5.75 Å². The highest BCUT2D eigenvalue weighted by molar-refractivity contribution is 5.96. The van der Waals surface area contributed by atoms with E-state index in [0.717, 1.165) is 11.1 Å². The minimum absolute atomic E-state index is 0.0588. The highest BCUT2D eigenvalue weighted by atomic mass is 16.6. The molecule has 1 N–H and O–H groups in total. The molecule has 0 aromatic heterocycles. The summed E-state index contributed by atoms with van der Waals surface area (Å²) in [4.78, 5) is 34.9. The van der Waals surface area contributed by atoms with E-state index in [-0.39, 0.29) is 12.4 Å². The van der Waals surface area contributed by atoms with E-state index in [9.17, 15) is 14.4 Å². The quantitative estimate of drug-likeness (QED) is 0.452. The Labute approximate surface area is 174 Å². The lowest BCUT2D eigenvalue weighted by Crippen LogP contribution is -2.23. The van der Waals surface area contributed by atoms with Gasteiger partial charge in [-0.05, 0) is 54.4 Å². The molecule has 6 nitrogen and oxygen atoms in total. The zero-order chi connectivity index (χ0) is 21.3. The summed E-state index contributed by atoms with van der Waals surface area (Å²) in [5.74, 6) is -0.659. The maximum atomic E-state index is 11.9. The van der Waals surface area contributed by atoms with E-state index in [2.05, 4.69) is 5.32 Å². The summed E-state index contributed by atoms with van der Waals surface area (Å²) in [5, 5.41) is 2.59. The lowest BCUT2D eigenvalue weighted by molar-refractivity contribution is -0.149. The van der Waals surface area contributed by atoms with Crippen LogP contribution in [0.1, 0.15) is 17.3 Å².